The van der Waals surface area contributed by atoms with E-state index in [2.05, 4.69) is 37.0 Å². The molecule has 5 heterocycles. The Balaban J connectivity index is 0.000000153. The fourth-order valence-electron chi connectivity index (χ4n) is 5.46. The number of Topliss-reactive ketones (excluding diaryl/α,β-unsaturated/α-hetero) is 1. The number of esters is 1. The highest BCUT2D eigenvalue weighted by molar-refractivity contribution is 6.27. The quantitative estimate of drug-likeness (QED) is 0.333. The van der Waals surface area contributed by atoms with Gasteiger partial charge >= 0.3 is 5.97 Å². The zero-order chi connectivity index (χ0) is 29.8. The summed E-state index contributed by atoms with van der Waals surface area (Å²) in [7, 11) is 1.35. The van der Waals surface area contributed by atoms with Crippen LogP contribution in [0.2, 0.25) is 0 Å². The molecule has 3 aliphatic heterocycles. The van der Waals surface area contributed by atoms with Crippen LogP contribution in [0.4, 0.5) is 22.7 Å². The Morgan fingerprint density at radius 2 is 1.56 bits per heavy atom. The first kappa shape index (κ1) is 27.9. The van der Waals surface area contributed by atoms with E-state index in [0.717, 1.165) is 36.6 Å². The highest BCUT2D eigenvalue weighted by atomic mass is 16.5. The predicted molar refractivity (Wildman–Crippen MR) is 165 cm³/mol. The van der Waals surface area contributed by atoms with Crippen molar-refractivity contribution in [3.05, 3.63) is 109 Å². The second-order valence-corrected chi connectivity index (χ2v) is 10.2. The molecule has 0 radical (unpaired) electrons. The van der Waals surface area contributed by atoms with E-state index >= 15 is 0 Å². The minimum absolute atomic E-state index is 0.248. The van der Waals surface area contributed by atoms with Crippen LogP contribution in [-0.2, 0) is 4.74 Å². The van der Waals surface area contributed by atoms with Crippen LogP contribution in [0.25, 0.3) is 0 Å². The third kappa shape index (κ3) is 5.40. The highest BCUT2D eigenvalue weighted by Crippen LogP contribution is 2.38. The number of aromatic nitrogens is 2. The smallest absolute Gasteiger partial charge is 0.358 e. The molecule has 10 heteroatoms. The molecular formula is C33H30N6O4. The van der Waals surface area contributed by atoms with Crippen molar-refractivity contribution in [2.75, 3.05) is 30.0 Å². The highest BCUT2D eigenvalue weighted by Gasteiger charge is 2.52. The van der Waals surface area contributed by atoms with Gasteiger partial charge in [0.05, 0.1) is 18.5 Å². The van der Waals surface area contributed by atoms with Crippen molar-refractivity contribution in [1.82, 2.24) is 9.97 Å². The zero-order valence-electron chi connectivity index (χ0n) is 23.6. The average Bonchev–Trinajstić information content (AvgIpc) is 3.67. The van der Waals surface area contributed by atoms with Gasteiger partial charge < -0.3 is 19.6 Å². The van der Waals surface area contributed by atoms with E-state index in [1.165, 1.54) is 7.11 Å². The fourth-order valence-corrected chi connectivity index (χ4v) is 5.46. The first-order chi connectivity index (χ1) is 21.0. The number of hydrogen-bond donors (Lipinski definition) is 1. The Labute approximate surface area is 249 Å². The Morgan fingerprint density at radius 3 is 2.28 bits per heavy atom. The second kappa shape index (κ2) is 11.9. The lowest BCUT2D eigenvalue weighted by Gasteiger charge is -2.29. The molecule has 10 nitrogen and oxygen atoms in total. The van der Waals surface area contributed by atoms with Crippen molar-refractivity contribution in [3.8, 4) is 0 Å². The third-order valence-electron chi connectivity index (χ3n) is 7.57. The molecule has 1 unspecified atom stereocenters. The number of hydrogen-bond acceptors (Lipinski definition) is 9. The molecule has 1 atom stereocenters. The number of amidine groups is 2. The van der Waals surface area contributed by atoms with Gasteiger partial charge in [-0.3, -0.25) is 9.78 Å². The van der Waals surface area contributed by atoms with Crippen LogP contribution >= 0.6 is 0 Å². The van der Waals surface area contributed by atoms with Crippen LogP contribution in [0.5, 0.6) is 0 Å². The largest absolute Gasteiger partial charge is 0.464 e. The van der Waals surface area contributed by atoms with E-state index < -0.39 is 11.6 Å². The summed E-state index contributed by atoms with van der Waals surface area (Å²) in [6.45, 7) is 1.48. The molecular weight excluding hydrogens is 544 g/mol. The van der Waals surface area contributed by atoms with Gasteiger partial charge in [-0.05, 0) is 55.0 Å². The molecule has 4 aromatic rings. The van der Waals surface area contributed by atoms with Gasteiger partial charge in [0.1, 0.15) is 17.4 Å². The molecule has 2 aromatic heterocycles. The van der Waals surface area contributed by atoms with Gasteiger partial charge in [-0.25, -0.2) is 19.8 Å². The van der Waals surface area contributed by atoms with Crippen LogP contribution < -0.4 is 9.80 Å². The minimum atomic E-state index is -1.56. The molecule has 0 spiro atoms. The number of carbonyl (C=O) groups excluding carboxylic acids is 2. The summed E-state index contributed by atoms with van der Waals surface area (Å²) in [5.41, 5.74) is 2.04. The number of fused-ring (bicyclic) bond motifs is 2. The average molecular weight is 575 g/mol. The number of pyridine rings is 2. The number of carbonyl (C=O) groups is 2. The zero-order valence-corrected chi connectivity index (χ0v) is 23.6. The van der Waals surface area contributed by atoms with E-state index in [0.29, 0.717) is 30.2 Å². The van der Waals surface area contributed by atoms with Crippen molar-refractivity contribution >= 4 is 46.2 Å². The molecule has 0 saturated carbocycles. The number of benzene rings is 2. The van der Waals surface area contributed by atoms with Crippen LogP contribution in [0, 0.1) is 0 Å². The number of ether oxygens (including phenoxy) is 1. The molecule has 0 amide bonds. The van der Waals surface area contributed by atoms with E-state index in [4.69, 9.17) is 4.74 Å². The Kier molecular flexibility index (Phi) is 7.76. The minimum Gasteiger partial charge on any atom is -0.464 e. The molecule has 7 rings (SSSR count). The number of aliphatic hydroxyl groups is 1. The van der Waals surface area contributed by atoms with E-state index in [1.807, 2.05) is 53.4 Å². The summed E-state index contributed by atoms with van der Waals surface area (Å²) < 4.78 is 4.77. The van der Waals surface area contributed by atoms with Gasteiger partial charge in [-0.1, -0.05) is 36.4 Å². The van der Waals surface area contributed by atoms with Crippen molar-refractivity contribution in [2.24, 2.45) is 9.98 Å². The standard InChI is InChI=1S/C17H17N3O2.C16H13N3O2/c1-22-17(21)16-14(9-5-11-18-16)19-15-10-6-12-20(15)13-7-3-2-4-8-13;20-14-13-12(7-4-9-17-13)18-15-16(14,21)8-10-19(15)11-5-2-1-3-6-11/h2-5,7-9,11H,6,10,12H2,1H3;1-7,9,21H,8,10H2. The van der Waals surface area contributed by atoms with Crippen molar-refractivity contribution in [3.63, 3.8) is 0 Å². The molecule has 0 bridgehead atoms. The molecule has 0 aliphatic carbocycles. The van der Waals surface area contributed by atoms with E-state index in [9.17, 15) is 14.7 Å². The second-order valence-electron chi connectivity index (χ2n) is 10.2. The summed E-state index contributed by atoms with van der Waals surface area (Å²) in [4.78, 5) is 45.8. The number of anilines is 2. The van der Waals surface area contributed by atoms with Gasteiger partial charge in [0.15, 0.2) is 11.3 Å². The monoisotopic (exact) mass is 574 g/mol. The fraction of sp³-hybridized carbons (Fsp3) is 0.212. The van der Waals surface area contributed by atoms with E-state index in [1.54, 1.807) is 36.7 Å². The van der Waals surface area contributed by atoms with E-state index in [-0.39, 0.29) is 17.2 Å². The van der Waals surface area contributed by atoms with Crippen LogP contribution in [0.15, 0.2) is 107 Å². The van der Waals surface area contributed by atoms with Crippen molar-refractivity contribution in [1.29, 1.82) is 0 Å². The van der Waals surface area contributed by atoms with Gasteiger partial charge in [0.25, 0.3) is 0 Å². The number of rotatable bonds is 4. The molecule has 216 valence electrons. The number of aliphatic imine (C=N–C) groups is 2. The predicted octanol–water partition coefficient (Wildman–Crippen LogP) is 5.15. The SMILES string of the molecule is COC(=O)c1ncccc1N=C1CCCN1c1ccccc1.O=C1c2ncccc2N=C2N(c3ccccc3)CCC12O. The number of ketones is 1. The Hall–Kier alpha value is -5.22. The molecule has 2 fully saturated rings. The lowest BCUT2D eigenvalue weighted by Crippen LogP contribution is -2.49. The number of para-hydroxylation sites is 2. The lowest BCUT2D eigenvalue weighted by molar-refractivity contribution is 0.0591. The topological polar surface area (TPSA) is 121 Å². The molecule has 43 heavy (non-hydrogen) atoms. The summed E-state index contributed by atoms with van der Waals surface area (Å²) in [6.07, 6.45) is 5.37. The number of methoxy groups -OCH3 is 1. The Morgan fingerprint density at radius 1 is 0.884 bits per heavy atom. The summed E-state index contributed by atoms with van der Waals surface area (Å²) in [5, 5.41) is 10.8. The molecule has 2 aromatic carbocycles. The van der Waals surface area contributed by atoms with Crippen LogP contribution in [0.3, 0.4) is 0 Å². The van der Waals surface area contributed by atoms with Crippen LogP contribution in [-0.4, -0.2) is 64.3 Å². The number of nitrogens with zero attached hydrogens (tertiary/aromatic N) is 6. The molecule has 2 saturated heterocycles. The molecule has 3 aliphatic rings. The maximum atomic E-state index is 12.6. The van der Waals surface area contributed by atoms with Crippen LogP contribution in [0.1, 0.15) is 40.2 Å². The van der Waals surface area contributed by atoms with Crippen molar-refractivity contribution < 1.29 is 19.4 Å². The van der Waals surface area contributed by atoms with Gasteiger partial charge in [-0.2, -0.15) is 0 Å². The van der Waals surface area contributed by atoms with Gasteiger partial charge in [-0.15, -0.1) is 0 Å². The first-order valence-electron chi connectivity index (χ1n) is 14.1. The summed E-state index contributed by atoms with van der Waals surface area (Å²) in [6, 6.07) is 26.8. The van der Waals surface area contributed by atoms with Gasteiger partial charge in [0, 0.05) is 49.7 Å². The molecule has 1 N–H and O–H groups in total. The normalized spacial score (nSPS) is 19.7. The van der Waals surface area contributed by atoms with Crippen molar-refractivity contribution in [2.45, 2.75) is 24.9 Å². The summed E-state index contributed by atoms with van der Waals surface area (Å²) >= 11 is 0. The maximum Gasteiger partial charge on any atom is 0.358 e. The Bertz CT molecular complexity index is 1710. The third-order valence-corrected chi connectivity index (χ3v) is 7.57. The lowest BCUT2D eigenvalue weighted by atomic mass is 9.90. The first-order valence-corrected chi connectivity index (χ1v) is 14.1. The summed E-state index contributed by atoms with van der Waals surface area (Å²) in [5.74, 6) is 0.522. The van der Waals surface area contributed by atoms with Gasteiger partial charge in [0.2, 0.25) is 5.78 Å². The maximum absolute atomic E-state index is 12.6.